The molecule has 2 heterocycles. The number of amides is 2. The lowest BCUT2D eigenvalue weighted by atomic mass is 9.88. The molecule has 0 aromatic heterocycles. The summed E-state index contributed by atoms with van der Waals surface area (Å²) in [6.07, 6.45) is 5.75. The van der Waals surface area contributed by atoms with E-state index in [1.54, 1.807) is 0 Å². The monoisotopic (exact) mass is 266 g/mol. The highest BCUT2D eigenvalue weighted by Crippen LogP contribution is 2.38. The number of nitrogens with zero attached hydrogens (tertiary/aromatic N) is 1. The molecular weight excluding hydrogens is 244 g/mol. The van der Waals surface area contributed by atoms with E-state index in [1.807, 2.05) is 4.90 Å². The Morgan fingerprint density at radius 1 is 1.21 bits per heavy atom. The molecule has 1 saturated carbocycles. The van der Waals surface area contributed by atoms with E-state index in [2.05, 4.69) is 5.32 Å². The summed E-state index contributed by atoms with van der Waals surface area (Å²) in [5, 5.41) is 2.78. The Morgan fingerprint density at radius 2 is 1.89 bits per heavy atom. The van der Waals surface area contributed by atoms with Gasteiger partial charge in [0, 0.05) is 19.8 Å². The zero-order valence-electron chi connectivity index (χ0n) is 11.3. The third kappa shape index (κ3) is 2.24. The first-order valence-corrected chi connectivity index (χ1v) is 7.39. The Hall–Kier alpha value is -1.10. The van der Waals surface area contributed by atoms with E-state index >= 15 is 0 Å². The van der Waals surface area contributed by atoms with Crippen LogP contribution in [0.25, 0.3) is 0 Å². The Morgan fingerprint density at radius 3 is 2.58 bits per heavy atom. The number of rotatable bonds is 2. The molecule has 3 aliphatic rings. The lowest BCUT2D eigenvalue weighted by Crippen LogP contribution is -2.66. The van der Waals surface area contributed by atoms with Crippen molar-refractivity contribution in [3.05, 3.63) is 0 Å². The highest BCUT2D eigenvalue weighted by atomic mass is 16.5. The minimum absolute atomic E-state index is 0.0664. The number of nitrogens with one attached hydrogen (secondary N) is 1. The molecule has 5 heteroatoms. The van der Waals surface area contributed by atoms with Gasteiger partial charge in [-0.3, -0.25) is 9.59 Å². The molecule has 3 rings (SSSR count). The summed E-state index contributed by atoms with van der Waals surface area (Å²) in [7, 11) is 0. The molecule has 1 aliphatic carbocycles. The predicted molar refractivity (Wildman–Crippen MR) is 69.5 cm³/mol. The molecule has 2 aliphatic heterocycles. The first-order valence-electron chi connectivity index (χ1n) is 7.39. The molecule has 0 bridgehead atoms. The normalized spacial score (nSPS) is 27.9. The summed E-state index contributed by atoms with van der Waals surface area (Å²) in [4.78, 5) is 26.4. The van der Waals surface area contributed by atoms with Gasteiger partial charge in [0.2, 0.25) is 11.8 Å². The van der Waals surface area contributed by atoms with E-state index in [9.17, 15) is 9.59 Å². The predicted octanol–water partition coefficient (Wildman–Crippen LogP) is 0.684. The van der Waals surface area contributed by atoms with Gasteiger partial charge in [-0.2, -0.15) is 0 Å². The molecule has 0 aromatic rings. The maximum atomic E-state index is 12.3. The quantitative estimate of drug-likeness (QED) is 0.800. The van der Waals surface area contributed by atoms with Crippen LogP contribution >= 0.6 is 0 Å². The molecule has 3 fully saturated rings. The average molecular weight is 266 g/mol. The van der Waals surface area contributed by atoms with Gasteiger partial charge in [0.05, 0.1) is 6.54 Å². The van der Waals surface area contributed by atoms with Gasteiger partial charge in [0.25, 0.3) is 0 Å². The number of ether oxygens (including phenoxy) is 1. The number of piperazine rings is 1. The first kappa shape index (κ1) is 12.9. The van der Waals surface area contributed by atoms with Crippen molar-refractivity contribution in [1.29, 1.82) is 0 Å². The van der Waals surface area contributed by atoms with Gasteiger partial charge in [-0.25, -0.2) is 0 Å². The van der Waals surface area contributed by atoms with Gasteiger partial charge < -0.3 is 15.0 Å². The largest absolute Gasteiger partial charge is 0.381 e. The van der Waals surface area contributed by atoms with Crippen molar-refractivity contribution >= 4 is 11.8 Å². The van der Waals surface area contributed by atoms with Gasteiger partial charge in [0.15, 0.2) is 0 Å². The molecule has 1 N–H and O–H groups in total. The first-order chi connectivity index (χ1) is 9.22. The van der Waals surface area contributed by atoms with E-state index in [0.29, 0.717) is 5.92 Å². The van der Waals surface area contributed by atoms with E-state index in [1.165, 1.54) is 0 Å². The van der Waals surface area contributed by atoms with Crippen LogP contribution in [0.2, 0.25) is 0 Å². The van der Waals surface area contributed by atoms with E-state index in [4.69, 9.17) is 4.74 Å². The van der Waals surface area contributed by atoms with Crippen molar-refractivity contribution in [2.75, 3.05) is 26.3 Å². The van der Waals surface area contributed by atoms with Crippen LogP contribution in [-0.2, 0) is 14.3 Å². The van der Waals surface area contributed by atoms with Gasteiger partial charge >= 0.3 is 0 Å². The van der Waals surface area contributed by atoms with Gasteiger partial charge in [0.1, 0.15) is 5.54 Å². The number of carbonyl (C=O) groups excluding carboxylic acids is 2. The van der Waals surface area contributed by atoms with Crippen LogP contribution in [-0.4, -0.2) is 48.6 Å². The third-order valence-corrected chi connectivity index (χ3v) is 4.85. The summed E-state index contributed by atoms with van der Waals surface area (Å²) in [5.74, 6) is 0.644. The lowest BCUT2D eigenvalue weighted by molar-refractivity contribution is -0.155. The Kier molecular flexibility index (Phi) is 3.48. The van der Waals surface area contributed by atoms with Crippen LogP contribution in [0.3, 0.4) is 0 Å². The Bertz CT molecular complexity index is 371. The van der Waals surface area contributed by atoms with Crippen LogP contribution in [0.15, 0.2) is 0 Å². The number of hydrogen-bond acceptors (Lipinski definition) is 3. The second-order valence-electron chi connectivity index (χ2n) is 5.98. The molecule has 0 atom stereocenters. The number of hydrogen-bond donors (Lipinski definition) is 1. The van der Waals surface area contributed by atoms with Gasteiger partial charge in [-0.05, 0) is 31.6 Å². The fraction of sp³-hybridized carbons (Fsp3) is 0.857. The SMILES string of the molecule is O=C1CNC(=O)C2(CCCC2)N1CC1CCOCC1. The standard InChI is InChI=1S/C14H22N2O3/c17-12-9-15-13(18)14(5-1-2-6-14)16(12)10-11-3-7-19-8-4-11/h11H,1-10H2,(H,15,18). The Labute approximate surface area is 113 Å². The molecule has 19 heavy (non-hydrogen) atoms. The highest BCUT2D eigenvalue weighted by molar-refractivity contribution is 5.98. The van der Waals surface area contributed by atoms with Crippen molar-refractivity contribution in [1.82, 2.24) is 10.2 Å². The second-order valence-corrected chi connectivity index (χ2v) is 5.98. The van der Waals surface area contributed by atoms with Crippen LogP contribution in [0.5, 0.6) is 0 Å². The van der Waals surface area contributed by atoms with Crippen LogP contribution in [0, 0.1) is 5.92 Å². The molecule has 5 nitrogen and oxygen atoms in total. The van der Waals surface area contributed by atoms with Crippen molar-refractivity contribution in [3.63, 3.8) is 0 Å². The fourth-order valence-corrected chi connectivity index (χ4v) is 3.70. The summed E-state index contributed by atoms with van der Waals surface area (Å²) in [6.45, 7) is 2.47. The fourth-order valence-electron chi connectivity index (χ4n) is 3.70. The average Bonchev–Trinajstić information content (AvgIpc) is 2.91. The van der Waals surface area contributed by atoms with E-state index in [0.717, 1.165) is 58.3 Å². The van der Waals surface area contributed by atoms with Gasteiger partial charge in [-0.1, -0.05) is 12.8 Å². The van der Waals surface area contributed by atoms with Crippen molar-refractivity contribution in [2.45, 2.75) is 44.1 Å². The summed E-state index contributed by atoms with van der Waals surface area (Å²) >= 11 is 0. The van der Waals surface area contributed by atoms with Crippen LogP contribution in [0.4, 0.5) is 0 Å². The summed E-state index contributed by atoms with van der Waals surface area (Å²) < 4.78 is 5.37. The minimum atomic E-state index is -0.534. The van der Waals surface area contributed by atoms with Crippen LogP contribution in [0.1, 0.15) is 38.5 Å². The summed E-state index contributed by atoms with van der Waals surface area (Å²) in [5.41, 5.74) is -0.534. The van der Waals surface area contributed by atoms with Crippen molar-refractivity contribution in [2.24, 2.45) is 5.92 Å². The van der Waals surface area contributed by atoms with Crippen molar-refractivity contribution in [3.8, 4) is 0 Å². The third-order valence-electron chi connectivity index (χ3n) is 4.85. The Balaban J connectivity index is 1.78. The zero-order chi connectivity index (χ0) is 13.3. The van der Waals surface area contributed by atoms with Gasteiger partial charge in [-0.15, -0.1) is 0 Å². The maximum absolute atomic E-state index is 12.3. The molecule has 2 amide bonds. The van der Waals surface area contributed by atoms with Crippen molar-refractivity contribution < 1.29 is 14.3 Å². The summed E-state index contributed by atoms with van der Waals surface area (Å²) in [6, 6.07) is 0. The smallest absolute Gasteiger partial charge is 0.246 e. The molecule has 1 spiro atoms. The maximum Gasteiger partial charge on any atom is 0.246 e. The zero-order valence-corrected chi connectivity index (χ0v) is 11.3. The molecular formula is C14H22N2O3. The topological polar surface area (TPSA) is 58.6 Å². The molecule has 2 saturated heterocycles. The van der Waals surface area contributed by atoms with E-state index < -0.39 is 5.54 Å². The highest BCUT2D eigenvalue weighted by Gasteiger charge is 2.51. The van der Waals surface area contributed by atoms with E-state index in [-0.39, 0.29) is 18.4 Å². The molecule has 0 radical (unpaired) electrons. The minimum Gasteiger partial charge on any atom is -0.381 e. The van der Waals surface area contributed by atoms with Crippen LogP contribution < -0.4 is 5.32 Å². The molecule has 0 unspecified atom stereocenters. The molecule has 106 valence electrons. The number of carbonyl (C=O) groups is 2. The molecule has 0 aromatic carbocycles. The second kappa shape index (κ2) is 5.12. The lowest BCUT2D eigenvalue weighted by Gasteiger charge is -2.45.